The van der Waals surface area contributed by atoms with E-state index in [0.717, 1.165) is 34.9 Å². The van der Waals surface area contributed by atoms with Crippen molar-refractivity contribution in [3.05, 3.63) is 65.3 Å². The lowest BCUT2D eigenvalue weighted by Crippen LogP contribution is -2.02. The van der Waals surface area contributed by atoms with E-state index in [1.807, 2.05) is 42.7 Å². The Morgan fingerprint density at radius 2 is 2.00 bits per heavy atom. The van der Waals surface area contributed by atoms with Crippen molar-refractivity contribution < 1.29 is 8.94 Å². The summed E-state index contributed by atoms with van der Waals surface area (Å²) in [6.45, 7) is 3.05. The van der Waals surface area contributed by atoms with Crippen molar-refractivity contribution in [1.82, 2.24) is 19.7 Å². The number of benzene rings is 2. The van der Waals surface area contributed by atoms with Gasteiger partial charge in [0.15, 0.2) is 0 Å². The average Bonchev–Trinajstić information content (AvgIpc) is 3.35. The molecule has 3 aromatic heterocycles. The summed E-state index contributed by atoms with van der Waals surface area (Å²) in [5, 5.41) is 4.82. The third-order valence-electron chi connectivity index (χ3n) is 4.64. The first-order valence-corrected chi connectivity index (χ1v) is 9.05. The summed E-state index contributed by atoms with van der Waals surface area (Å²) in [7, 11) is 0. The lowest BCUT2D eigenvalue weighted by Gasteiger charge is -2.01. The highest BCUT2D eigenvalue weighted by atomic mass is 16.5. The minimum Gasteiger partial charge on any atom is -0.422 e. The van der Waals surface area contributed by atoms with Crippen molar-refractivity contribution in [2.75, 3.05) is 0 Å². The average molecular weight is 372 g/mol. The molecule has 7 nitrogen and oxygen atoms in total. The molecule has 0 aliphatic rings. The van der Waals surface area contributed by atoms with Crippen LogP contribution in [0, 0.1) is 0 Å². The minimum atomic E-state index is -0.511. The molecule has 0 saturated heterocycles. The van der Waals surface area contributed by atoms with Crippen molar-refractivity contribution in [2.24, 2.45) is 0 Å². The highest BCUT2D eigenvalue weighted by molar-refractivity contribution is 5.82. The molecule has 0 bridgehead atoms. The van der Waals surface area contributed by atoms with Crippen LogP contribution in [-0.4, -0.2) is 19.7 Å². The van der Waals surface area contributed by atoms with E-state index >= 15 is 0 Å². The molecule has 138 valence electrons. The predicted octanol–water partition coefficient (Wildman–Crippen LogP) is 4.27. The van der Waals surface area contributed by atoms with Gasteiger partial charge in [0.25, 0.3) is 5.89 Å². The maximum Gasteiger partial charge on any atom is 0.349 e. The molecular weight excluding hydrogens is 356 g/mol. The summed E-state index contributed by atoms with van der Waals surface area (Å²) in [5.41, 5.74) is 2.94. The van der Waals surface area contributed by atoms with Crippen molar-refractivity contribution in [2.45, 2.75) is 19.9 Å². The fourth-order valence-electron chi connectivity index (χ4n) is 3.28. The number of para-hydroxylation sites is 1. The maximum absolute atomic E-state index is 12.3. The van der Waals surface area contributed by atoms with Gasteiger partial charge in [0.1, 0.15) is 11.1 Å². The van der Waals surface area contributed by atoms with E-state index in [4.69, 9.17) is 8.94 Å². The van der Waals surface area contributed by atoms with Crippen LogP contribution in [0.1, 0.15) is 13.3 Å². The third kappa shape index (κ3) is 2.68. The quantitative estimate of drug-likeness (QED) is 0.438. The third-order valence-corrected chi connectivity index (χ3v) is 4.64. The molecule has 0 aliphatic heterocycles. The first-order chi connectivity index (χ1) is 13.7. The first-order valence-electron chi connectivity index (χ1n) is 9.05. The SMILES string of the molecule is CCCn1cnc2cc(-c3noc(-c4cc5ccccc5oc4=O)n3)ccc21. The molecule has 0 unspecified atom stereocenters. The number of nitrogens with zero attached hydrogens (tertiary/aromatic N) is 4. The van der Waals surface area contributed by atoms with Crippen LogP contribution in [-0.2, 0) is 6.54 Å². The molecule has 0 spiro atoms. The van der Waals surface area contributed by atoms with Crippen LogP contribution in [0.4, 0.5) is 0 Å². The fourth-order valence-corrected chi connectivity index (χ4v) is 3.28. The Morgan fingerprint density at radius 1 is 1.11 bits per heavy atom. The molecular formula is C21H16N4O3. The molecule has 0 amide bonds. The summed E-state index contributed by atoms with van der Waals surface area (Å²) < 4.78 is 12.8. The molecule has 0 radical (unpaired) electrons. The predicted molar refractivity (Wildman–Crippen MR) is 105 cm³/mol. The molecule has 0 N–H and O–H groups in total. The topological polar surface area (TPSA) is 87.0 Å². The van der Waals surface area contributed by atoms with E-state index in [9.17, 15) is 4.79 Å². The van der Waals surface area contributed by atoms with E-state index in [-0.39, 0.29) is 11.5 Å². The number of imidazole rings is 1. The fraction of sp³-hybridized carbons (Fsp3) is 0.143. The van der Waals surface area contributed by atoms with Gasteiger partial charge in [0.2, 0.25) is 5.82 Å². The van der Waals surface area contributed by atoms with E-state index in [1.165, 1.54) is 0 Å². The standard InChI is InChI=1S/C21H16N4O3/c1-2-9-25-12-22-16-11-14(7-8-17(16)25)19-23-20(28-24-19)15-10-13-5-3-4-6-18(13)27-21(15)26/h3-8,10-12H,2,9H2,1H3. The number of fused-ring (bicyclic) bond motifs is 2. The van der Waals surface area contributed by atoms with Gasteiger partial charge >= 0.3 is 5.63 Å². The normalized spacial score (nSPS) is 11.5. The highest BCUT2D eigenvalue weighted by Crippen LogP contribution is 2.25. The second-order valence-electron chi connectivity index (χ2n) is 6.55. The Balaban J connectivity index is 1.55. The highest BCUT2D eigenvalue weighted by Gasteiger charge is 2.16. The molecule has 0 atom stereocenters. The lowest BCUT2D eigenvalue weighted by atomic mass is 10.1. The Hall–Kier alpha value is -3.74. The van der Waals surface area contributed by atoms with Crippen LogP contribution in [0.5, 0.6) is 0 Å². The Labute approximate surface area is 159 Å². The van der Waals surface area contributed by atoms with Gasteiger partial charge in [0.05, 0.1) is 17.4 Å². The molecule has 0 saturated carbocycles. The van der Waals surface area contributed by atoms with Crippen molar-refractivity contribution in [3.63, 3.8) is 0 Å². The van der Waals surface area contributed by atoms with Crippen LogP contribution < -0.4 is 5.63 Å². The van der Waals surface area contributed by atoms with Crippen molar-refractivity contribution >= 4 is 22.0 Å². The Bertz CT molecular complexity index is 1360. The van der Waals surface area contributed by atoms with Crippen molar-refractivity contribution in [1.29, 1.82) is 0 Å². The number of aryl methyl sites for hydroxylation is 1. The van der Waals surface area contributed by atoms with Crippen LogP contribution in [0.2, 0.25) is 0 Å². The van der Waals surface area contributed by atoms with E-state index in [1.54, 1.807) is 12.1 Å². The van der Waals surface area contributed by atoms with Gasteiger partial charge < -0.3 is 13.5 Å². The monoisotopic (exact) mass is 372 g/mol. The zero-order valence-corrected chi connectivity index (χ0v) is 15.1. The lowest BCUT2D eigenvalue weighted by molar-refractivity contribution is 0.429. The van der Waals surface area contributed by atoms with Gasteiger partial charge in [-0.25, -0.2) is 9.78 Å². The molecule has 0 fully saturated rings. The molecule has 2 aromatic carbocycles. The summed E-state index contributed by atoms with van der Waals surface area (Å²) >= 11 is 0. The van der Waals surface area contributed by atoms with E-state index < -0.39 is 5.63 Å². The van der Waals surface area contributed by atoms with Crippen molar-refractivity contribution in [3.8, 4) is 22.8 Å². The van der Waals surface area contributed by atoms with E-state index in [2.05, 4.69) is 26.6 Å². The molecule has 28 heavy (non-hydrogen) atoms. The number of aromatic nitrogens is 4. The Morgan fingerprint density at radius 3 is 2.89 bits per heavy atom. The number of rotatable bonds is 4. The molecule has 7 heteroatoms. The number of hydrogen-bond acceptors (Lipinski definition) is 6. The van der Waals surface area contributed by atoms with Gasteiger partial charge in [-0.2, -0.15) is 4.98 Å². The second kappa shape index (κ2) is 6.45. The van der Waals surface area contributed by atoms with Crippen LogP contribution in [0.3, 0.4) is 0 Å². The molecule has 5 rings (SSSR count). The Kier molecular flexibility index (Phi) is 3.79. The zero-order valence-electron chi connectivity index (χ0n) is 15.1. The molecule has 5 aromatic rings. The molecule has 0 aliphatic carbocycles. The first kappa shape index (κ1) is 16.4. The minimum absolute atomic E-state index is 0.131. The molecule has 3 heterocycles. The van der Waals surface area contributed by atoms with Crippen LogP contribution in [0.15, 0.2) is 68.6 Å². The van der Waals surface area contributed by atoms with Crippen LogP contribution >= 0.6 is 0 Å². The van der Waals surface area contributed by atoms with Crippen LogP contribution in [0.25, 0.3) is 44.8 Å². The van der Waals surface area contributed by atoms with Gasteiger partial charge in [-0.05, 0) is 36.8 Å². The summed E-state index contributed by atoms with van der Waals surface area (Å²) in [6.07, 6.45) is 2.87. The summed E-state index contributed by atoms with van der Waals surface area (Å²) in [6, 6.07) is 14.8. The smallest absolute Gasteiger partial charge is 0.349 e. The second-order valence-corrected chi connectivity index (χ2v) is 6.55. The number of hydrogen-bond donors (Lipinski definition) is 0. The van der Waals surface area contributed by atoms with Gasteiger partial charge in [-0.15, -0.1) is 0 Å². The zero-order chi connectivity index (χ0) is 19.1. The summed E-state index contributed by atoms with van der Waals surface area (Å²) in [4.78, 5) is 21.2. The summed E-state index contributed by atoms with van der Waals surface area (Å²) in [5.74, 6) is 0.528. The van der Waals surface area contributed by atoms with Gasteiger partial charge in [-0.1, -0.05) is 30.3 Å². The van der Waals surface area contributed by atoms with E-state index in [0.29, 0.717) is 11.4 Å². The maximum atomic E-state index is 12.3. The largest absolute Gasteiger partial charge is 0.422 e. The van der Waals surface area contributed by atoms with Gasteiger partial charge in [0, 0.05) is 17.5 Å². The van der Waals surface area contributed by atoms with Gasteiger partial charge in [-0.3, -0.25) is 0 Å².